The second-order valence-electron chi connectivity index (χ2n) is 5.09. The maximum atomic E-state index is 10.0. The van der Waals surface area contributed by atoms with E-state index < -0.39 is 0 Å². The van der Waals surface area contributed by atoms with Gasteiger partial charge >= 0.3 is 0 Å². The summed E-state index contributed by atoms with van der Waals surface area (Å²) in [6.07, 6.45) is 0. The number of halogens is 1. The largest absolute Gasteiger partial charge is 0.508 e. The van der Waals surface area contributed by atoms with Crippen LogP contribution >= 0.6 is 15.9 Å². The number of phenolic OH excluding ortho intramolecular Hbond substituents is 1. The van der Waals surface area contributed by atoms with Gasteiger partial charge in [0, 0.05) is 22.1 Å². The minimum absolute atomic E-state index is 0.0127. The molecule has 2 N–H and O–H groups in total. The van der Waals surface area contributed by atoms with E-state index in [9.17, 15) is 5.11 Å². The highest BCUT2D eigenvalue weighted by molar-refractivity contribution is 9.10. The van der Waals surface area contributed by atoms with E-state index in [1.54, 1.807) is 19.2 Å². The van der Waals surface area contributed by atoms with Crippen molar-refractivity contribution >= 4 is 15.9 Å². The van der Waals surface area contributed by atoms with Gasteiger partial charge in [0.2, 0.25) is 0 Å². The quantitative estimate of drug-likeness (QED) is 0.830. The summed E-state index contributed by atoms with van der Waals surface area (Å²) >= 11 is 3.44. The Kier molecular flexibility index (Phi) is 5.26. The van der Waals surface area contributed by atoms with Gasteiger partial charge in [-0.25, -0.2) is 0 Å². The van der Waals surface area contributed by atoms with E-state index in [0.717, 1.165) is 15.8 Å². The molecule has 0 aliphatic rings. The number of ether oxygens (including phenoxy) is 1. The Labute approximate surface area is 134 Å². The van der Waals surface area contributed by atoms with E-state index >= 15 is 0 Å². The molecular formula is C17H20BrNO2. The lowest BCUT2D eigenvalue weighted by atomic mass is 10.0. The summed E-state index contributed by atoms with van der Waals surface area (Å²) in [6, 6.07) is 13.7. The highest BCUT2D eigenvalue weighted by atomic mass is 79.9. The number of phenols is 1. The second-order valence-corrected chi connectivity index (χ2v) is 6.00. The number of methoxy groups -OCH3 is 1. The van der Waals surface area contributed by atoms with Crippen LogP contribution in [0, 0.1) is 0 Å². The first kappa shape index (κ1) is 15.9. The summed E-state index contributed by atoms with van der Waals surface area (Å²) in [5.41, 5.74) is 2.03. The number of nitrogens with one attached hydrogen (secondary N) is 1. The van der Waals surface area contributed by atoms with Gasteiger partial charge in [-0.05, 0) is 49.7 Å². The molecule has 0 spiro atoms. The minimum atomic E-state index is 0.0127. The second kappa shape index (κ2) is 6.96. The van der Waals surface area contributed by atoms with Crippen molar-refractivity contribution in [2.75, 3.05) is 7.11 Å². The van der Waals surface area contributed by atoms with Crippen LogP contribution in [0.3, 0.4) is 0 Å². The van der Waals surface area contributed by atoms with Gasteiger partial charge in [0.25, 0.3) is 0 Å². The van der Waals surface area contributed by atoms with Crippen molar-refractivity contribution in [3.8, 4) is 11.5 Å². The monoisotopic (exact) mass is 349 g/mol. The van der Waals surface area contributed by atoms with Crippen LogP contribution in [-0.2, 0) is 0 Å². The van der Waals surface area contributed by atoms with E-state index in [-0.39, 0.29) is 17.8 Å². The highest BCUT2D eigenvalue weighted by Gasteiger charge is 2.15. The molecule has 3 nitrogen and oxygen atoms in total. The van der Waals surface area contributed by atoms with Crippen LogP contribution in [0.15, 0.2) is 46.9 Å². The van der Waals surface area contributed by atoms with Gasteiger partial charge in [0.05, 0.1) is 7.11 Å². The van der Waals surface area contributed by atoms with Gasteiger partial charge < -0.3 is 15.2 Å². The molecule has 0 amide bonds. The molecule has 112 valence electrons. The Hall–Kier alpha value is -1.52. The van der Waals surface area contributed by atoms with Crippen LogP contribution in [0.5, 0.6) is 11.5 Å². The molecule has 0 saturated heterocycles. The molecule has 0 saturated carbocycles. The summed E-state index contributed by atoms with van der Waals surface area (Å²) in [5.74, 6) is 1.02. The molecule has 21 heavy (non-hydrogen) atoms. The van der Waals surface area contributed by atoms with Crippen molar-refractivity contribution in [3.05, 3.63) is 58.1 Å². The van der Waals surface area contributed by atoms with Crippen LogP contribution in [0.25, 0.3) is 0 Å². The van der Waals surface area contributed by atoms with E-state index in [1.807, 2.05) is 25.1 Å². The fourth-order valence-corrected chi connectivity index (χ4v) is 2.58. The summed E-state index contributed by atoms with van der Waals surface area (Å²) < 4.78 is 6.29. The van der Waals surface area contributed by atoms with Gasteiger partial charge in [0.1, 0.15) is 11.5 Å². The van der Waals surface area contributed by atoms with Crippen molar-refractivity contribution in [2.24, 2.45) is 0 Å². The Bertz CT molecular complexity index is 598. The first-order chi connectivity index (χ1) is 10.0. The molecule has 2 unspecified atom stereocenters. The van der Waals surface area contributed by atoms with Crippen molar-refractivity contribution < 1.29 is 9.84 Å². The predicted octanol–water partition coefficient (Wildman–Crippen LogP) is 4.58. The van der Waals surface area contributed by atoms with Crippen molar-refractivity contribution in [1.29, 1.82) is 0 Å². The van der Waals surface area contributed by atoms with Crippen LogP contribution in [0.2, 0.25) is 0 Å². The van der Waals surface area contributed by atoms with Crippen LogP contribution < -0.4 is 10.1 Å². The van der Waals surface area contributed by atoms with Gasteiger partial charge in [-0.1, -0.05) is 28.1 Å². The smallest absolute Gasteiger partial charge is 0.120 e. The first-order valence-corrected chi connectivity index (χ1v) is 7.69. The highest BCUT2D eigenvalue weighted by Crippen LogP contribution is 2.30. The molecule has 0 aromatic heterocycles. The third kappa shape index (κ3) is 3.99. The molecule has 0 heterocycles. The topological polar surface area (TPSA) is 41.5 Å². The zero-order valence-corrected chi connectivity index (χ0v) is 14.0. The lowest BCUT2D eigenvalue weighted by molar-refractivity contribution is 0.405. The van der Waals surface area contributed by atoms with Gasteiger partial charge in [-0.15, -0.1) is 0 Å². The number of aromatic hydroxyl groups is 1. The normalized spacial score (nSPS) is 13.7. The SMILES string of the molecule is COc1ccc(O)c(C(C)NC(C)c2ccc(Br)cc2)c1. The number of benzene rings is 2. The van der Waals surface area contributed by atoms with Crippen molar-refractivity contribution in [1.82, 2.24) is 5.32 Å². The fourth-order valence-electron chi connectivity index (χ4n) is 2.32. The Balaban J connectivity index is 2.13. The minimum Gasteiger partial charge on any atom is -0.508 e. The molecule has 0 radical (unpaired) electrons. The zero-order chi connectivity index (χ0) is 15.4. The zero-order valence-electron chi connectivity index (χ0n) is 12.4. The van der Waals surface area contributed by atoms with Crippen molar-refractivity contribution in [3.63, 3.8) is 0 Å². The lowest BCUT2D eigenvalue weighted by Gasteiger charge is -2.22. The predicted molar refractivity (Wildman–Crippen MR) is 88.8 cm³/mol. The van der Waals surface area contributed by atoms with E-state index in [1.165, 1.54) is 5.56 Å². The molecule has 0 aliphatic carbocycles. The summed E-state index contributed by atoms with van der Waals surface area (Å²) in [5, 5.41) is 13.5. The maximum absolute atomic E-state index is 10.0. The summed E-state index contributed by atoms with van der Waals surface area (Å²) in [4.78, 5) is 0. The van der Waals surface area contributed by atoms with E-state index in [2.05, 4.69) is 40.3 Å². The van der Waals surface area contributed by atoms with Gasteiger partial charge in [-0.3, -0.25) is 0 Å². The van der Waals surface area contributed by atoms with Crippen LogP contribution in [0.1, 0.15) is 37.1 Å². The first-order valence-electron chi connectivity index (χ1n) is 6.89. The number of hydrogen-bond acceptors (Lipinski definition) is 3. The Morgan fingerprint density at radius 1 is 1.05 bits per heavy atom. The molecule has 2 atom stereocenters. The summed E-state index contributed by atoms with van der Waals surface area (Å²) in [6.45, 7) is 4.14. The van der Waals surface area contributed by atoms with E-state index in [4.69, 9.17) is 4.74 Å². The van der Waals surface area contributed by atoms with Crippen LogP contribution in [-0.4, -0.2) is 12.2 Å². The Morgan fingerprint density at radius 2 is 1.71 bits per heavy atom. The number of rotatable bonds is 5. The molecule has 0 aliphatic heterocycles. The average molecular weight is 350 g/mol. The molecule has 0 bridgehead atoms. The maximum Gasteiger partial charge on any atom is 0.120 e. The standard InChI is InChI=1S/C17H20BrNO2/c1-11(13-4-6-14(18)7-5-13)19-12(2)16-10-15(21-3)8-9-17(16)20/h4-12,19-20H,1-3H3. The lowest BCUT2D eigenvalue weighted by Crippen LogP contribution is -2.22. The van der Waals surface area contributed by atoms with E-state index in [0.29, 0.717) is 0 Å². The average Bonchev–Trinajstić information content (AvgIpc) is 2.48. The third-order valence-electron chi connectivity index (χ3n) is 3.57. The molecule has 2 rings (SSSR count). The third-order valence-corrected chi connectivity index (χ3v) is 4.10. The molecule has 2 aromatic rings. The van der Waals surface area contributed by atoms with Gasteiger partial charge in [-0.2, -0.15) is 0 Å². The Morgan fingerprint density at radius 3 is 2.33 bits per heavy atom. The molecule has 2 aromatic carbocycles. The van der Waals surface area contributed by atoms with Crippen LogP contribution in [0.4, 0.5) is 0 Å². The molecule has 0 fully saturated rings. The fraction of sp³-hybridized carbons (Fsp3) is 0.294. The molecular weight excluding hydrogens is 330 g/mol. The van der Waals surface area contributed by atoms with Crippen molar-refractivity contribution in [2.45, 2.75) is 25.9 Å². The number of hydrogen-bond donors (Lipinski definition) is 2. The summed E-state index contributed by atoms with van der Waals surface area (Å²) in [7, 11) is 1.62. The molecule has 4 heteroatoms. The van der Waals surface area contributed by atoms with Gasteiger partial charge in [0.15, 0.2) is 0 Å².